The zero-order chi connectivity index (χ0) is 92.6. The fourth-order valence-electron chi connectivity index (χ4n) is 15.9. The smallest absolute Gasteiger partial charge is 0.318 e. The van der Waals surface area contributed by atoms with Crippen LogP contribution in [0.2, 0.25) is 0 Å². The average molecular weight is 1810 g/mol. The van der Waals surface area contributed by atoms with Crippen LogP contribution in [0.4, 0.5) is 19.2 Å². The van der Waals surface area contributed by atoms with Crippen LogP contribution < -0.4 is 31.9 Å². The van der Waals surface area contributed by atoms with Crippen molar-refractivity contribution in [2.24, 2.45) is 65.1 Å². The summed E-state index contributed by atoms with van der Waals surface area (Å²) in [4.78, 5) is 155. The van der Waals surface area contributed by atoms with Gasteiger partial charge in [-0.1, -0.05) is 144 Å². The number of hydrogen-bond acceptors (Lipinski definition) is 22. The van der Waals surface area contributed by atoms with Gasteiger partial charge >= 0.3 is 24.1 Å². The van der Waals surface area contributed by atoms with Crippen molar-refractivity contribution in [1.29, 1.82) is 0 Å². The molecule has 0 bridgehead atoms. The molecule has 9 aliphatic heterocycles. The zero-order valence-electron chi connectivity index (χ0n) is 77.5. The SMILES string of the molecule is CC(C)C(=O)[C@@H](NC(=O)N1CCCCC1)C1CCOCC1.CC(C)C(=O)[C@@H](NC(=O)N1CCOCC1)C1CCOCC1.CC(C)C(=O)[C@@H](NC(=O)N1CCS(=O)(=O)CC1)C1CCOCC1.CC(C)C(=O)[C@@H](NC(=O)N1CCSCC1)C1CCOCC1.CC(C)C(=O)[C@H](NC(=O)C(C)(C)O)c1ccccc1.CC(C)C(=O)[C@H](NC(=O)CC1CCOC1)c1ccccc1. The summed E-state index contributed by atoms with van der Waals surface area (Å²) in [5, 5.41) is 27.0. The van der Waals surface area contributed by atoms with Gasteiger partial charge in [0.25, 0.3) is 5.91 Å². The number of urea groups is 4. The highest BCUT2D eigenvalue weighted by Crippen LogP contribution is 2.29. The summed E-state index contributed by atoms with van der Waals surface area (Å²) in [7, 11) is -3.03. The number of likely N-dealkylation sites (tertiary alicyclic amines) is 1. The monoisotopic (exact) mass is 1810 g/mol. The van der Waals surface area contributed by atoms with Crippen molar-refractivity contribution in [2.45, 2.75) is 222 Å². The van der Waals surface area contributed by atoms with Crippen LogP contribution in [0.15, 0.2) is 60.7 Å². The molecule has 0 radical (unpaired) electrons. The molecule has 0 spiro atoms. The van der Waals surface area contributed by atoms with E-state index in [4.69, 9.17) is 28.4 Å². The number of sulfone groups is 1. The molecule has 710 valence electrons. The average Bonchev–Trinajstić information content (AvgIpc) is 0.985. The molecular weight excluding hydrogens is 1660 g/mol. The minimum atomic E-state index is -3.03. The van der Waals surface area contributed by atoms with E-state index in [1.807, 2.05) is 139 Å². The number of morpholine rings is 1. The molecule has 11 rings (SSSR count). The second-order valence-electron chi connectivity index (χ2n) is 36.5. The number of thioether (sulfide) groups is 1. The van der Waals surface area contributed by atoms with Crippen LogP contribution >= 0.6 is 11.8 Å². The van der Waals surface area contributed by atoms with Gasteiger partial charge in [-0.15, -0.1) is 0 Å². The van der Waals surface area contributed by atoms with Gasteiger partial charge in [0.05, 0.1) is 48.9 Å². The number of benzene rings is 2. The number of carbonyl (C=O) groups excluding carboxylic acids is 12. The molecule has 2 aromatic carbocycles. The fourth-order valence-corrected chi connectivity index (χ4v) is 18.0. The predicted molar refractivity (Wildman–Crippen MR) is 484 cm³/mol. The number of ketones is 6. The Hall–Kier alpha value is -7.50. The number of nitrogens with zero attached hydrogens (tertiary/aromatic N) is 4. The van der Waals surface area contributed by atoms with Crippen molar-refractivity contribution in [3.05, 3.63) is 71.8 Å². The molecule has 7 atom stereocenters. The maximum Gasteiger partial charge on any atom is 0.318 e. The van der Waals surface area contributed by atoms with Crippen LogP contribution in [0, 0.1) is 65.1 Å². The Labute approximate surface area is 753 Å². The number of hydrogen-bond donors (Lipinski definition) is 7. The fraction of sp³-hybridized carbons (Fsp3) is 0.742. The van der Waals surface area contributed by atoms with Crippen molar-refractivity contribution in [1.82, 2.24) is 51.5 Å². The van der Waals surface area contributed by atoms with Gasteiger partial charge in [0.2, 0.25) is 5.91 Å². The third kappa shape index (κ3) is 36.8. The van der Waals surface area contributed by atoms with Gasteiger partial charge in [0.1, 0.15) is 17.7 Å². The summed E-state index contributed by atoms with van der Waals surface area (Å²) >= 11 is 1.87. The van der Waals surface area contributed by atoms with Gasteiger partial charge in [-0.2, -0.15) is 11.8 Å². The Kier molecular flexibility index (Phi) is 47.3. The summed E-state index contributed by atoms with van der Waals surface area (Å²) in [5.74, 6) is 1.95. The summed E-state index contributed by atoms with van der Waals surface area (Å²) < 4.78 is 54.9. The summed E-state index contributed by atoms with van der Waals surface area (Å²) in [6.07, 6.45) is 11.2. The van der Waals surface area contributed by atoms with Crippen LogP contribution in [0.5, 0.6) is 0 Å². The van der Waals surface area contributed by atoms with Crippen LogP contribution in [-0.4, -0.2) is 288 Å². The molecule has 9 heterocycles. The molecule has 1 unspecified atom stereocenters. The maximum atomic E-state index is 12.5. The Bertz CT molecular complexity index is 3620. The van der Waals surface area contributed by atoms with E-state index in [2.05, 4.69) is 31.9 Å². The molecule has 31 nitrogen and oxygen atoms in total. The number of Topliss-reactive ketones (excluding diaryl/α,β-unsaturated/α-hetero) is 6. The molecule has 0 saturated carbocycles. The molecule has 7 N–H and O–H groups in total. The van der Waals surface area contributed by atoms with E-state index in [9.17, 15) is 71.1 Å². The second-order valence-corrected chi connectivity index (χ2v) is 40.0. The molecule has 9 saturated heterocycles. The molecule has 0 aromatic heterocycles. The van der Waals surface area contributed by atoms with E-state index in [1.54, 1.807) is 30.9 Å². The third-order valence-electron chi connectivity index (χ3n) is 24.0. The van der Waals surface area contributed by atoms with Crippen molar-refractivity contribution in [3.63, 3.8) is 0 Å². The molecule has 33 heteroatoms. The normalized spacial score (nSPS) is 20.6. The van der Waals surface area contributed by atoms with Gasteiger partial charge in [-0.3, -0.25) is 38.4 Å². The molecule has 126 heavy (non-hydrogen) atoms. The van der Waals surface area contributed by atoms with Gasteiger partial charge in [-0.25, -0.2) is 27.6 Å². The number of ether oxygens (including phenoxy) is 6. The zero-order valence-corrected chi connectivity index (χ0v) is 79.1. The Morgan fingerprint density at radius 1 is 0.373 bits per heavy atom. The minimum absolute atomic E-state index is 0.0134. The summed E-state index contributed by atoms with van der Waals surface area (Å²) in [5.41, 5.74) is 0.0515. The van der Waals surface area contributed by atoms with E-state index in [0.717, 1.165) is 126 Å². The van der Waals surface area contributed by atoms with Crippen molar-refractivity contribution >= 4 is 92.2 Å². The van der Waals surface area contributed by atoms with Gasteiger partial charge in [0.15, 0.2) is 44.5 Å². The molecule has 9 aliphatic rings. The lowest BCUT2D eigenvalue weighted by Gasteiger charge is -2.34. The number of piperidine rings is 1. The largest absolute Gasteiger partial charge is 0.381 e. The van der Waals surface area contributed by atoms with E-state index in [1.165, 1.54) is 25.2 Å². The van der Waals surface area contributed by atoms with E-state index in [-0.39, 0.29) is 167 Å². The predicted octanol–water partition coefficient (Wildman–Crippen LogP) is 9.80. The van der Waals surface area contributed by atoms with E-state index < -0.39 is 45.5 Å². The van der Waals surface area contributed by atoms with Crippen LogP contribution in [0.3, 0.4) is 0 Å². The summed E-state index contributed by atoms with van der Waals surface area (Å²) in [6.45, 7) is 37.6. The molecule has 9 fully saturated rings. The third-order valence-corrected chi connectivity index (χ3v) is 26.6. The Balaban J connectivity index is 0.000000234. The van der Waals surface area contributed by atoms with E-state index >= 15 is 0 Å². The van der Waals surface area contributed by atoms with Gasteiger partial charge in [-0.05, 0) is 132 Å². The standard InChI is InChI=1S/C17H23NO3.C16H28N2O3.C15H26N2O5S.C15H26N2O4.C15H26N2O3S.C15H21NO3/c1-12(2)17(20)16(14-6-4-3-5-7-14)18-15(19)10-13-8-9-21-11-13;1-12(2)15(19)14(13-6-10-21-11-7-13)17-16(20)18-8-4-3-5-9-18;1-11(2)14(18)13(12-3-7-22-8-4-12)16-15(19)17-5-9-23(20,21)10-6-17;2*1-11(2)14(18)13(12-3-7-20-8-4-12)16-15(19)17-5-9-21-10-6-17;1-10(2)13(17)12(11-8-6-5-7-9-11)16-14(18)15(3,4)19/h3-7,12-13,16H,8-11H2,1-2H3,(H,18,19);12-14H,3-11H2,1-2H3,(H,17,20);11-13H,3-10H2,1-2H3,(H,16,19);2*11-13H,3-10H2,1-2H3,(H,16,19);5-10,12,19H,1-4H3,(H,16,18)/t13?,16-;14-;3*13-;12-/m100001/s1. The van der Waals surface area contributed by atoms with Gasteiger partial charge < -0.3 is 85.0 Å². The topological polar surface area (TPSA) is 400 Å². The van der Waals surface area contributed by atoms with Crippen molar-refractivity contribution in [3.8, 4) is 0 Å². The molecule has 0 aliphatic carbocycles. The lowest BCUT2D eigenvalue weighted by molar-refractivity contribution is -0.140. The first-order valence-corrected chi connectivity index (χ1v) is 49.0. The summed E-state index contributed by atoms with van der Waals surface area (Å²) in [6, 6.07) is 14.9. The Morgan fingerprint density at radius 3 is 0.976 bits per heavy atom. The molecular formula is C93H150N10O21S2. The number of amides is 10. The first-order chi connectivity index (χ1) is 59.9. The lowest BCUT2D eigenvalue weighted by Crippen LogP contribution is -2.55. The highest BCUT2D eigenvalue weighted by atomic mass is 32.2. The van der Waals surface area contributed by atoms with Crippen molar-refractivity contribution < 1.29 is 99.5 Å². The van der Waals surface area contributed by atoms with Crippen LogP contribution in [0.1, 0.15) is 204 Å². The van der Waals surface area contributed by atoms with Crippen LogP contribution in [0.25, 0.3) is 0 Å². The number of carbonyl (C=O) groups is 12. The number of rotatable bonds is 27. The highest BCUT2D eigenvalue weighted by Gasteiger charge is 2.40. The highest BCUT2D eigenvalue weighted by molar-refractivity contribution is 7.99. The molecule has 10 amide bonds. The van der Waals surface area contributed by atoms with E-state index in [0.29, 0.717) is 92.2 Å². The quantitative estimate of drug-likeness (QED) is 0.0437. The number of aliphatic hydroxyl groups is 1. The minimum Gasteiger partial charge on any atom is -0.381 e. The maximum absolute atomic E-state index is 12.5. The van der Waals surface area contributed by atoms with Crippen LogP contribution in [-0.2, 0) is 76.6 Å². The lowest BCUT2D eigenvalue weighted by atomic mass is 9.85. The number of nitrogens with one attached hydrogen (secondary N) is 6. The first kappa shape index (κ1) is 107. The Morgan fingerprint density at radius 2 is 0.667 bits per heavy atom. The first-order valence-electron chi connectivity index (χ1n) is 46.0. The molecule has 2 aromatic rings. The van der Waals surface area contributed by atoms with Gasteiger partial charge in [0, 0.05) is 172 Å². The van der Waals surface area contributed by atoms with Crippen molar-refractivity contribution in [2.75, 3.05) is 155 Å². The second kappa shape index (κ2) is 55.5.